The fourth-order valence-electron chi connectivity index (χ4n) is 5.09. The standard InChI is InChI=1S/C32H28ClNO3/c1-3-34(27-18-20-28(36-2)21-19-27)29-22-32(24-10-6-4-7-11-24,25-12-8-5-9-13-25)30(37-31(29)35)23-14-16-26(33)17-15-23/h4-22,30H,3H2,1-2H3. The SMILES string of the molecule is CCN(C1=CC(c2ccccc2)(c2ccccc2)C(c2ccc(Cl)cc2)OC1=O)c1ccc(OC)cc1. The van der Waals surface area contributed by atoms with Gasteiger partial charge in [0.25, 0.3) is 0 Å². The van der Waals surface area contributed by atoms with Crippen LogP contribution in [0, 0.1) is 0 Å². The van der Waals surface area contributed by atoms with Crippen LogP contribution in [0.15, 0.2) is 121 Å². The van der Waals surface area contributed by atoms with E-state index in [2.05, 4.69) is 30.3 Å². The van der Waals surface area contributed by atoms with Gasteiger partial charge in [-0.3, -0.25) is 0 Å². The zero-order valence-corrected chi connectivity index (χ0v) is 21.6. The lowest BCUT2D eigenvalue weighted by Gasteiger charge is -2.44. The van der Waals surface area contributed by atoms with Crippen molar-refractivity contribution in [2.24, 2.45) is 0 Å². The Kier molecular flexibility index (Phi) is 7.02. The Bertz CT molecular complexity index is 1340. The number of esters is 1. The molecule has 4 nitrogen and oxygen atoms in total. The molecule has 0 fully saturated rings. The fourth-order valence-corrected chi connectivity index (χ4v) is 5.21. The van der Waals surface area contributed by atoms with Crippen molar-refractivity contribution in [2.45, 2.75) is 18.4 Å². The van der Waals surface area contributed by atoms with Gasteiger partial charge in [-0.05, 0) is 66.1 Å². The van der Waals surface area contributed by atoms with Crippen LogP contribution in [0.4, 0.5) is 5.69 Å². The molecule has 1 atom stereocenters. The Labute approximate surface area is 222 Å². The topological polar surface area (TPSA) is 38.8 Å². The van der Waals surface area contributed by atoms with Crippen LogP contribution < -0.4 is 9.64 Å². The number of methoxy groups -OCH3 is 1. The van der Waals surface area contributed by atoms with Crippen molar-refractivity contribution in [2.75, 3.05) is 18.6 Å². The van der Waals surface area contributed by atoms with Gasteiger partial charge in [0, 0.05) is 17.3 Å². The van der Waals surface area contributed by atoms with Crippen LogP contribution in [-0.4, -0.2) is 19.6 Å². The van der Waals surface area contributed by atoms with Crippen LogP contribution in [0.1, 0.15) is 29.7 Å². The van der Waals surface area contributed by atoms with Crippen molar-refractivity contribution >= 4 is 23.3 Å². The molecule has 5 heteroatoms. The van der Waals surface area contributed by atoms with Crippen molar-refractivity contribution in [3.63, 3.8) is 0 Å². The third kappa shape index (κ3) is 4.61. The minimum atomic E-state index is -0.778. The van der Waals surface area contributed by atoms with E-state index < -0.39 is 11.5 Å². The lowest BCUT2D eigenvalue weighted by atomic mass is 9.67. The highest BCUT2D eigenvalue weighted by Gasteiger charge is 2.49. The first-order chi connectivity index (χ1) is 18.1. The smallest absolute Gasteiger partial charge is 0.355 e. The van der Waals surface area contributed by atoms with E-state index >= 15 is 0 Å². The van der Waals surface area contributed by atoms with Crippen LogP contribution in [0.3, 0.4) is 0 Å². The summed E-state index contributed by atoms with van der Waals surface area (Å²) in [6, 6.07) is 35.6. The van der Waals surface area contributed by atoms with Gasteiger partial charge < -0.3 is 14.4 Å². The van der Waals surface area contributed by atoms with Gasteiger partial charge in [0.2, 0.25) is 0 Å². The number of carbonyl (C=O) groups is 1. The second kappa shape index (κ2) is 10.5. The summed E-state index contributed by atoms with van der Waals surface area (Å²) >= 11 is 6.22. The second-order valence-corrected chi connectivity index (χ2v) is 9.35. The Morgan fingerprint density at radius 3 is 1.92 bits per heavy atom. The maximum absolute atomic E-state index is 13.7. The molecule has 1 heterocycles. The number of hydrogen-bond donors (Lipinski definition) is 0. The van der Waals surface area contributed by atoms with Gasteiger partial charge in [-0.25, -0.2) is 4.79 Å². The molecule has 5 rings (SSSR count). The van der Waals surface area contributed by atoms with Crippen molar-refractivity contribution in [3.8, 4) is 5.75 Å². The molecular formula is C32H28ClNO3. The van der Waals surface area contributed by atoms with E-state index in [9.17, 15) is 4.79 Å². The van der Waals surface area contributed by atoms with Crippen molar-refractivity contribution in [1.82, 2.24) is 0 Å². The molecule has 1 unspecified atom stereocenters. The summed E-state index contributed by atoms with van der Waals surface area (Å²) < 4.78 is 11.7. The highest BCUT2D eigenvalue weighted by atomic mass is 35.5. The molecule has 0 bridgehead atoms. The summed E-state index contributed by atoms with van der Waals surface area (Å²) in [7, 11) is 1.64. The zero-order valence-electron chi connectivity index (χ0n) is 20.8. The number of nitrogens with zero attached hydrogens (tertiary/aromatic N) is 1. The minimum Gasteiger partial charge on any atom is -0.497 e. The van der Waals surface area contributed by atoms with E-state index in [4.69, 9.17) is 21.1 Å². The lowest BCUT2D eigenvalue weighted by Crippen LogP contribution is -2.44. The molecule has 0 spiro atoms. The zero-order chi connectivity index (χ0) is 25.8. The predicted octanol–water partition coefficient (Wildman–Crippen LogP) is 7.34. The Balaban J connectivity index is 1.77. The molecule has 0 saturated heterocycles. The summed E-state index contributed by atoms with van der Waals surface area (Å²) in [6.45, 7) is 2.61. The second-order valence-electron chi connectivity index (χ2n) is 8.91. The van der Waals surface area contributed by atoms with Gasteiger partial charge in [0.05, 0.1) is 12.5 Å². The van der Waals surface area contributed by atoms with Gasteiger partial charge in [0.15, 0.2) is 0 Å². The number of cyclic esters (lactones) is 1. The molecule has 1 aliphatic rings. The van der Waals surface area contributed by atoms with Crippen LogP contribution in [0.5, 0.6) is 5.75 Å². The molecule has 0 saturated carbocycles. The number of hydrogen-bond acceptors (Lipinski definition) is 4. The molecular weight excluding hydrogens is 482 g/mol. The van der Waals surface area contributed by atoms with E-state index in [0.717, 1.165) is 28.1 Å². The van der Waals surface area contributed by atoms with Crippen molar-refractivity contribution in [1.29, 1.82) is 0 Å². The summed E-state index contributed by atoms with van der Waals surface area (Å²) in [5.41, 5.74) is 3.51. The van der Waals surface area contributed by atoms with Crippen molar-refractivity contribution < 1.29 is 14.3 Å². The summed E-state index contributed by atoms with van der Waals surface area (Å²) in [4.78, 5) is 15.7. The number of anilines is 1. The molecule has 0 N–H and O–H groups in total. The Morgan fingerprint density at radius 2 is 1.41 bits per heavy atom. The first kappa shape index (κ1) is 24.7. The number of carbonyl (C=O) groups excluding carboxylic acids is 1. The molecule has 0 aliphatic carbocycles. The van der Waals surface area contributed by atoms with E-state index in [1.165, 1.54) is 0 Å². The summed E-state index contributed by atoms with van der Waals surface area (Å²) in [6.07, 6.45) is 1.48. The van der Waals surface area contributed by atoms with E-state index in [-0.39, 0.29) is 5.97 Å². The maximum atomic E-state index is 13.7. The Hall–Kier alpha value is -4.02. The molecule has 0 aromatic heterocycles. The first-order valence-corrected chi connectivity index (χ1v) is 12.7. The molecule has 37 heavy (non-hydrogen) atoms. The lowest BCUT2D eigenvalue weighted by molar-refractivity contribution is -0.149. The largest absolute Gasteiger partial charge is 0.497 e. The third-order valence-corrected chi connectivity index (χ3v) is 7.13. The fraction of sp³-hybridized carbons (Fsp3) is 0.156. The van der Waals surface area contributed by atoms with E-state index in [1.807, 2.05) is 96.8 Å². The molecule has 4 aromatic rings. The quantitative estimate of drug-likeness (QED) is 0.244. The van der Waals surface area contributed by atoms with Gasteiger partial charge in [0.1, 0.15) is 17.6 Å². The molecule has 1 aliphatic heterocycles. The predicted molar refractivity (Wildman–Crippen MR) is 148 cm³/mol. The molecule has 4 aromatic carbocycles. The maximum Gasteiger partial charge on any atom is 0.355 e. The summed E-state index contributed by atoms with van der Waals surface area (Å²) in [5.74, 6) is 0.380. The normalized spacial score (nSPS) is 16.5. The monoisotopic (exact) mass is 509 g/mol. The van der Waals surface area contributed by atoms with Gasteiger partial charge in [-0.2, -0.15) is 0 Å². The number of rotatable bonds is 7. The average molecular weight is 510 g/mol. The highest BCUT2D eigenvalue weighted by Crippen LogP contribution is 2.50. The average Bonchev–Trinajstić information content (AvgIpc) is 2.96. The Morgan fingerprint density at radius 1 is 0.838 bits per heavy atom. The molecule has 186 valence electrons. The van der Waals surface area contributed by atoms with Gasteiger partial charge >= 0.3 is 5.97 Å². The summed E-state index contributed by atoms with van der Waals surface area (Å²) in [5, 5.41) is 0.629. The minimum absolute atomic E-state index is 0.375. The van der Waals surface area contributed by atoms with Crippen LogP contribution in [0.2, 0.25) is 5.02 Å². The highest BCUT2D eigenvalue weighted by molar-refractivity contribution is 6.30. The van der Waals surface area contributed by atoms with E-state index in [0.29, 0.717) is 17.3 Å². The van der Waals surface area contributed by atoms with Crippen LogP contribution in [-0.2, 0) is 14.9 Å². The molecule has 0 amide bonds. The number of ether oxygens (including phenoxy) is 2. The van der Waals surface area contributed by atoms with Gasteiger partial charge in [-0.1, -0.05) is 84.4 Å². The van der Waals surface area contributed by atoms with Gasteiger partial charge in [-0.15, -0.1) is 0 Å². The number of benzene rings is 4. The first-order valence-electron chi connectivity index (χ1n) is 12.3. The number of halogens is 1. The number of likely N-dealkylation sites (N-methyl/N-ethyl adjacent to an activating group) is 1. The van der Waals surface area contributed by atoms with Crippen molar-refractivity contribution in [3.05, 3.63) is 143 Å². The molecule has 0 radical (unpaired) electrons. The third-order valence-electron chi connectivity index (χ3n) is 6.88. The van der Waals surface area contributed by atoms with Crippen LogP contribution >= 0.6 is 11.6 Å². The van der Waals surface area contributed by atoms with Crippen LogP contribution in [0.25, 0.3) is 0 Å². The van der Waals surface area contributed by atoms with E-state index in [1.54, 1.807) is 7.11 Å².